The van der Waals surface area contributed by atoms with Crippen LogP contribution >= 0.6 is 23.2 Å². The summed E-state index contributed by atoms with van der Waals surface area (Å²) >= 11 is 12.5. The van der Waals surface area contributed by atoms with E-state index in [1.54, 1.807) is 17.7 Å². The second-order valence-electron chi connectivity index (χ2n) is 5.73. The number of carbonyl (C=O) groups is 1. The molecular formula is C17H18Cl2N2O3. The fourth-order valence-electron chi connectivity index (χ4n) is 2.69. The number of benzene rings is 1. The Balaban J connectivity index is 1.73. The third kappa shape index (κ3) is 3.74. The molecule has 128 valence electrons. The van der Waals surface area contributed by atoms with E-state index in [1.807, 2.05) is 18.2 Å². The van der Waals surface area contributed by atoms with E-state index in [-0.39, 0.29) is 17.9 Å². The Bertz CT molecular complexity index is 739. The van der Waals surface area contributed by atoms with Gasteiger partial charge < -0.3 is 9.47 Å². The zero-order valence-electron chi connectivity index (χ0n) is 13.3. The summed E-state index contributed by atoms with van der Waals surface area (Å²) in [5.41, 5.74) is 1.70. The molecule has 7 heteroatoms. The Labute approximate surface area is 150 Å². The van der Waals surface area contributed by atoms with Gasteiger partial charge in [-0.25, -0.2) is 9.48 Å². The van der Waals surface area contributed by atoms with Gasteiger partial charge in [0.25, 0.3) is 0 Å². The second-order valence-corrected chi connectivity index (χ2v) is 6.50. The third-order valence-corrected chi connectivity index (χ3v) is 4.72. The fraction of sp³-hybridized carbons (Fsp3) is 0.412. The molecule has 1 saturated heterocycles. The third-order valence-electron chi connectivity index (χ3n) is 3.97. The number of hydrogen-bond acceptors (Lipinski definition) is 4. The van der Waals surface area contributed by atoms with Gasteiger partial charge >= 0.3 is 5.97 Å². The van der Waals surface area contributed by atoms with E-state index in [2.05, 4.69) is 5.10 Å². The summed E-state index contributed by atoms with van der Waals surface area (Å²) in [5, 5.41) is 5.22. The molecule has 0 amide bonds. The van der Waals surface area contributed by atoms with Crippen LogP contribution in [0.2, 0.25) is 10.2 Å². The molecule has 0 N–H and O–H groups in total. The van der Waals surface area contributed by atoms with Crippen LogP contribution in [-0.4, -0.2) is 35.1 Å². The van der Waals surface area contributed by atoms with E-state index in [1.165, 1.54) is 0 Å². The first kappa shape index (κ1) is 17.3. The van der Waals surface area contributed by atoms with Gasteiger partial charge in [-0.15, -0.1) is 0 Å². The van der Waals surface area contributed by atoms with Gasteiger partial charge in [-0.05, 0) is 31.4 Å². The number of carbonyl (C=O) groups excluding carboxylic acids is 1. The number of halogens is 2. The van der Waals surface area contributed by atoms with Crippen LogP contribution < -0.4 is 0 Å². The van der Waals surface area contributed by atoms with Crippen molar-refractivity contribution in [1.82, 2.24) is 9.78 Å². The molecule has 1 atom stereocenters. The topological polar surface area (TPSA) is 53.4 Å². The number of ether oxygens (including phenoxy) is 2. The van der Waals surface area contributed by atoms with Crippen LogP contribution in [0.25, 0.3) is 0 Å². The molecule has 0 aliphatic carbocycles. The largest absolute Gasteiger partial charge is 0.459 e. The van der Waals surface area contributed by atoms with E-state index >= 15 is 0 Å². The van der Waals surface area contributed by atoms with E-state index in [0.29, 0.717) is 22.8 Å². The molecule has 1 aromatic carbocycles. The minimum atomic E-state index is -0.474. The van der Waals surface area contributed by atoms with Crippen molar-refractivity contribution in [2.75, 3.05) is 13.2 Å². The highest BCUT2D eigenvalue weighted by Crippen LogP contribution is 2.24. The lowest BCUT2D eigenvalue weighted by atomic mass is 10.2. The molecule has 0 spiro atoms. The maximum atomic E-state index is 12.3. The van der Waals surface area contributed by atoms with Crippen LogP contribution in [0.1, 0.15) is 34.5 Å². The smallest absolute Gasteiger partial charge is 0.343 e. The highest BCUT2D eigenvalue weighted by molar-refractivity contribution is 6.33. The SMILES string of the molecule is Cc1nn(Cc2ccccc2Cl)c(Cl)c1C(=O)OCC1CCCO1. The molecule has 0 radical (unpaired) electrons. The number of rotatable bonds is 5. The van der Waals surface area contributed by atoms with Crippen LogP contribution in [0.4, 0.5) is 0 Å². The number of esters is 1. The molecule has 0 saturated carbocycles. The van der Waals surface area contributed by atoms with Gasteiger partial charge in [-0.2, -0.15) is 5.10 Å². The molecule has 24 heavy (non-hydrogen) atoms. The second kappa shape index (κ2) is 7.55. The van der Waals surface area contributed by atoms with Crippen molar-refractivity contribution in [2.24, 2.45) is 0 Å². The van der Waals surface area contributed by atoms with Crippen LogP contribution in [0, 0.1) is 6.92 Å². The van der Waals surface area contributed by atoms with Gasteiger partial charge in [0.05, 0.1) is 18.3 Å². The number of hydrogen-bond donors (Lipinski definition) is 0. The normalized spacial score (nSPS) is 17.2. The predicted molar refractivity (Wildman–Crippen MR) is 91.8 cm³/mol. The van der Waals surface area contributed by atoms with Crippen molar-refractivity contribution in [3.8, 4) is 0 Å². The van der Waals surface area contributed by atoms with Gasteiger partial charge in [0.1, 0.15) is 17.3 Å². The molecule has 1 unspecified atom stereocenters. The standard InChI is InChI=1S/C17H18Cl2N2O3/c1-11-15(17(22)24-10-13-6-4-8-23-13)16(19)21(20-11)9-12-5-2-3-7-14(12)18/h2-3,5,7,13H,4,6,8-10H2,1H3. The molecule has 1 aliphatic heterocycles. The lowest BCUT2D eigenvalue weighted by Crippen LogP contribution is -2.18. The summed E-state index contributed by atoms with van der Waals surface area (Å²) in [6.07, 6.45) is 1.88. The lowest BCUT2D eigenvalue weighted by molar-refractivity contribution is 0.0161. The molecule has 5 nitrogen and oxygen atoms in total. The zero-order chi connectivity index (χ0) is 17.1. The fourth-order valence-corrected chi connectivity index (χ4v) is 3.20. The summed E-state index contributed by atoms with van der Waals surface area (Å²) < 4.78 is 12.3. The van der Waals surface area contributed by atoms with E-state index < -0.39 is 5.97 Å². The van der Waals surface area contributed by atoms with E-state index in [4.69, 9.17) is 32.7 Å². The number of nitrogens with zero attached hydrogens (tertiary/aromatic N) is 2. The molecular weight excluding hydrogens is 351 g/mol. The highest BCUT2D eigenvalue weighted by Gasteiger charge is 2.24. The van der Waals surface area contributed by atoms with Crippen LogP contribution in [0.5, 0.6) is 0 Å². The minimum absolute atomic E-state index is 0.0220. The Morgan fingerprint density at radius 1 is 1.42 bits per heavy atom. The maximum absolute atomic E-state index is 12.3. The van der Waals surface area contributed by atoms with E-state index in [9.17, 15) is 4.79 Å². The lowest BCUT2D eigenvalue weighted by Gasteiger charge is -2.10. The number of aryl methyl sites for hydroxylation is 1. The minimum Gasteiger partial charge on any atom is -0.459 e. The van der Waals surface area contributed by atoms with Crippen molar-refractivity contribution in [1.29, 1.82) is 0 Å². The summed E-state index contributed by atoms with van der Waals surface area (Å²) in [6, 6.07) is 7.45. The molecule has 1 aromatic heterocycles. The first-order valence-corrected chi connectivity index (χ1v) is 8.57. The van der Waals surface area contributed by atoms with Crippen molar-refractivity contribution in [3.63, 3.8) is 0 Å². The molecule has 2 heterocycles. The predicted octanol–water partition coefficient (Wildman–Crippen LogP) is 3.88. The summed E-state index contributed by atoms with van der Waals surface area (Å²) in [4.78, 5) is 12.3. The van der Waals surface area contributed by atoms with Crippen LogP contribution in [-0.2, 0) is 16.0 Å². The monoisotopic (exact) mass is 368 g/mol. The van der Waals surface area contributed by atoms with Gasteiger partial charge in [0, 0.05) is 11.6 Å². The Morgan fingerprint density at radius 3 is 2.92 bits per heavy atom. The summed E-state index contributed by atoms with van der Waals surface area (Å²) in [5.74, 6) is -0.474. The Hall–Kier alpha value is -1.56. The zero-order valence-corrected chi connectivity index (χ0v) is 14.8. The first-order chi connectivity index (χ1) is 11.6. The van der Waals surface area contributed by atoms with Crippen molar-refractivity contribution < 1.29 is 14.3 Å². The molecule has 1 aliphatic rings. The maximum Gasteiger partial charge on any atom is 0.343 e. The first-order valence-electron chi connectivity index (χ1n) is 7.81. The summed E-state index contributed by atoms with van der Waals surface area (Å²) in [6.45, 7) is 3.08. The van der Waals surface area contributed by atoms with Crippen LogP contribution in [0.3, 0.4) is 0 Å². The molecule has 3 rings (SSSR count). The van der Waals surface area contributed by atoms with Crippen molar-refractivity contribution in [3.05, 3.63) is 51.3 Å². The Kier molecular flexibility index (Phi) is 5.43. The van der Waals surface area contributed by atoms with Gasteiger partial charge in [-0.3, -0.25) is 0 Å². The van der Waals surface area contributed by atoms with E-state index in [0.717, 1.165) is 25.0 Å². The molecule has 1 fully saturated rings. The van der Waals surface area contributed by atoms with Gasteiger partial charge in [0.2, 0.25) is 0 Å². The van der Waals surface area contributed by atoms with Crippen molar-refractivity contribution in [2.45, 2.75) is 32.4 Å². The van der Waals surface area contributed by atoms with Gasteiger partial charge in [-0.1, -0.05) is 41.4 Å². The van der Waals surface area contributed by atoms with Crippen molar-refractivity contribution >= 4 is 29.2 Å². The van der Waals surface area contributed by atoms with Gasteiger partial charge in [0.15, 0.2) is 0 Å². The highest BCUT2D eigenvalue weighted by atomic mass is 35.5. The Morgan fingerprint density at radius 2 is 2.21 bits per heavy atom. The average molecular weight is 369 g/mol. The number of aromatic nitrogens is 2. The average Bonchev–Trinajstić information content (AvgIpc) is 3.16. The molecule has 2 aromatic rings. The summed E-state index contributed by atoms with van der Waals surface area (Å²) in [7, 11) is 0. The quantitative estimate of drug-likeness (QED) is 0.751. The van der Waals surface area contributed by atoms with Crippen LogP contribution in [0.15, 0.2) is 24.3 Å². The molecule has 0 bridgehead atoms.